The molecule has 2 fully saturated rings. The minimum absolute atomic E-state index is 0.0748. The summed E-state index contributed by atoms with van der Waals surface area (Å²) in [6.07, 6.45) is 2.56. The minimum Gasteiger partial charge on any atom is -0.292 e. The van der Waals surface area contributed by atoms with Gasteiger partial charge in [-0.15, -0.1) is 0 Å². The Hall–Kier alpha value is -1.20. The molecule has 3 rings (SSSR count). The van der Waals surface area contributed by atoms with Gasteiger partial charge in [0.1, 0.15) is 0 Å². The third kappa shape index (κ3) is 2.32. The van der Waals surface area contributed by atoms with Crippen molar-refractivity contribution in [1.82, 2.24) is 4.90 Å². The Morgan fingerprint density at radius 2 is 1.68 bits per heavy atom. The Balaban J connectivity index is 1.84. The SMILES string of the molecule is O=C1C[C@@H](N2CCCC2)C(=O)N1c1ccc(Br)cc1. The summed E-state index contributed by atoms with van der Waals surface area (Å²) in [7, 11) is 0. The van der Waals surface area contributed by atoms with Crippen LogP contribution in [0.4, 0.5) is 5.69 Å². The molecule has 0 saturated carbocycles. The molecule has 100 valence electrons. The van der Waals surface area contributed by atoms with Gasteiger partial charge in [-0.05, 0) is 50.2 Å². The van der Waals surface area contributed by atoms with Crippen LogP contribution in [0.3, 0.4) is 0 Å². The molecule has 2 aliphatic rings. The lowest BCUT2D eigenvalue weighted by atomic mass is 10.2. The number of imide groups is 1. The zero-order valence-corrected chi connectivity index (χ0v) is 12.1. The first kappa shape index (κ1) is 12.8. The molecule has 0 aromatic heterocycles. The monoisotopic (exact) mass is 322 g/mol. The minimum atomic E-state index is -0.251. The van der Waals surface area contributed by atoms with Crippen molar-refractivity contribution in [2.45, 2.75) is 25.3 Å². The van der Waals surface area contributed by atoms with Crippen molar-refractivity contribution in [2.75, 3.05) is 18.0 Å². The zero-order chi connectivity index (χ0) is 13.4. The molecule has 0 bridgehead atoms. The van der Waals surface area contributed by atoms with E-state index in [-0.39, 0.29) is 17.9 Å². The van der Waals surface area contributed by atoms with Gasteiger partial charge in [-0.2, -0.15) is 0 Å². The van der Waals surface area contributed by atoms with Crippen molar-refractivity contribution in [3.63, 3.8) is 0 Å². The van der Waals surface area contributed by atoms with Crippen molar-refractivity contribution < 1.29 is 9.59 Å². The summed E-state index contributed by atoms with van der Waals surface area (Å²) in [6.45, 7) is 1.86. The van der Waals surface area contributed by atoms with Gasteiger partial charge in [-0.3, -0.25) is 14.5 Å². The van der Waals surface area contributed by atoms with Crippen LogP contribution in [-0.2, 0) is 9.59 Å². The predicted molar refractivity (Wildman–Crippen MR) is 75.8 cm³/mol. The largest absolute Gasteiger partial charge is 0.292 e. The van der Waals surface area contributed by atoms with Crippen LogP contribution in [0.25, 0.3) is 0 Å². The second-order valence-electron chi connectivity index (χ2n) is 5.01. The number of benzene rings is 1. The van der Waals surface area contributed by atoms with Crippen LogP contribution in [-0.4, -0.2) is 35.8 Å². The smallest absolute Gasteiger partial charge is 0.251 e. The van der Waals surface area contributed by atoms with Crippen LogP contribution >= 0.6 is 15.9 Å². The number of carbonyl (C=O) groups excluding carboxylic acids is 2. The number of hydrogen-bond donors (Lipinski definition) is 0. The Bertz CT molecular complexity index is 509. The number of nitrogens with zero attached hydrogens (tertiary/aromatic N) is 2. The predicted octanol–water partition coefficient (Wildman–Crippen LogP) is 2.18. The van der Waals surface area contributed by atoms with Gasteiger partial charge in [0.15, 0.2) is 0 Å². The Labute approximate surface area is 120 Å². The van der Waals surface area contributed by atoms with Crippen LogP contribution < -0.4 is 4.90 Å². The molecule has 19 heavy (non-hydrogen) atoms. The molecule has 0 radical (unpaired) electrons. The highest BCUT2D eigenvalue weighted by atomic mass is 79.9. The molecule has 2 saturated heterocycles. The highest BCUT2D eigenvalue weighted by Gasteiger charge is 2.43. The second kappa shape index (κ2) is 5.06. The summed E-state index contributed by atoms with van der Waals surface area (Å²) in [5.41, 5.74) is 0.667. The molecule has 2 aliphatic heterocycles. The number of anilines is 1. The van der Waals surface area contributed by atoms with E-state index < -0.39 is 0 Å². The number of rotatable bonds is 2. The second-order valence-corrected chi connectivity index (χ2v) is 5.92. The molecule has 0 unspecified atom stereocenters. The van der Waals surface area contributed by atoms with E-state index in [1.807, 2.05) is 12.1 Å². The summed E-state index contributed by atoms with van der Waals surface area (Å²) in [5.74, 6) is -0.168. The van der Waals surface area contributed by atoms with E-state index in [4.69, 9.17) is 0 Å². The van der Waals surface area contributed by atoms with E-state index in [1.165, 1.54) is 4.90 Å². The van der Waals surface area contributed by atoms with Crippen molar-refractivity contribution in [3.05, 3.63) is 28.7 Å². The van der Waals surface area contributed by atoms with E-state index in [0.29, 0.717) is 12.1 Å². The Morgan fingerprint density at radius 3 is 2.32 bits per heavy atom. The number of halogens is 1. The van der Waals surface area contributed by atoms with Gasteiger partial charge < -0.3 is 0 Å². The number of carbonyl (C=O) groups is 2. The van der Waals surface area contributed by atoms with E-state index in [9.17, 15) is 9.59 Å². The number of amides is 2. The van der Waals surface area contributed by atoms with Gasteiger partial charge in [0.2, 0.25) is 5.91 Å². The van der Waals surface area contributed by atoms with Crippen LogP contribution in [0.1, 0.15) is 19.3 Å². The van der Waals surface area contributed by atoms with Crippen LogP contribution in [0.5, 0.6) is 0 Å². The molecule has 2 heterocycles. The summed E-state index contributed by atoms with van der Waals surface area (Å²) >= 11 is 3.35. The first-order valence-corrected chi connectivity index (χ1v) is 7.32. The van der Waals surface area contributed by atoms with Crippen LogP contribution in [0, 0.1) is 0 Å². The Kier molecular flexibility index (Phi) is 3.41. The average Bonchev–Trinajstić information content (AvgIpc) is 3.00. The summed E-state index contributed by atoms with van der Waals surface area (Å²) < 4.78 is 0.937. The van der Waals surface area contributed by atoms with Crippen molar-refractivity contribution in [2.24, 2.45) is 0 Å². The first-order valence-electron chi connectivity index (χ1n) is 6.53. The summed E-state index contributed by atoms with van der Waals surface area (Å²) in [4.78, 5) is 28.0. The van der Waals surface area contributed by atoms with E-state index in [1.54, 1.807) is 12.1 Å². The van der Waals surface area contributed by atoms with E-state index >= 15 is 0 Å². The Morgan fingerprint density at radius 1 is 1.05 bits per heavy atom. The molecule has 0 spiro atoms. The molecule has 5 heteroatoms. The summed E-state index contributed by atoms with van der Waals surface area (Å²) in [6, 6.07) is 7.04. The average molecular weight is 323 g/mol. The van der Waals surface area contributed by atoms with Gasteiger partial charge >= 0.3 is 0 Å². The van der Waals surface area contributed by atoms with Crippen LogP contribution in [0.15, 0.2) is 28.7 Å². The molecular weight excluding hydrogens is 308 g/mol. The zero-order valence-electron chi connectivity index (χ0n) is 10.5. The van der Waals surface area contributed by atoms with Crippen molar-refractivity contribution >= 4 is 33.4 Å². The summed E-state index contributed by atoms with van der Waals surface area (Å²) in [5, 5.41) is 0. The maximum Gasteiger partial charge on any atom is 0.251 e. The molecule has 0 N–H and O–H groups in total. The molecule has 1 atom stereocenters. The third-order valence-corrected chi connectivity index (χ3v) is 4.32. The van der Waals surface area contributed by atoms with E-state index in [2.05, 4.69) is 20.8 Å². The molecule has 0 aliphatic carbocycles. The van der Waals surface area contributed by atoms with Crippen molar-refractivity contribution in [1.29, 1.82) is 0 Å². The topological polar surface area (TPSA) is 40.6 Å². The van der Waals surface area contributed by atoms with Crippen LogP contribution in [0.2, 0.25) is 0 Å². The third-order valence-electron chi connectivity index (χ3n) is 3.79. The van der Waals surface area contributed by atoms with Gasteiger partial charge in [0, 0.05) is 4.47 Å². The fourth-order valence-electron chi connectivity index (χ4n) is 2.82. The van der Waals surface area contributed by atoms with E-state index in [0.717, 1.165) is 30.4 Å². The lowest BCUT2D eigenvalue weighted by Crippen LogP contribution is -2.40. The normalized spacial score (nSPS) is 24.5. The maximum atomic E-state index is 12.4. The lowest BCUT2D eigenvalue weighted by molar-refractivity contribution is -0.122. The fraction of sp³-hybridized carbons (Fsp3) is 0.429. The lowest BCUT2D eigenvalue weighted by Gasteiger charge is -2.21. The van der Waals surface area contributed by atoms with Gasteiger partial charge in [0.05, 0.1) is 18.2 Å². The molecular formula is C14H15BrN2O2. The number of likely N-dealkylation sites (tertiary alicyclic amines) is 1. The van der Waals surface area contributed by atoms with Crippen molar-refractivity contribution in [3.8, 4) is 0 Å². The van der Waals surface area contributed by atoms with Gasteiger partial charge in [0.25, 0.3) is 5.91 Å². The quantitative estimate of drug-likeness (QED) is 0.783. The molecule has 4 nitrogen and oxygen atoms in total. The number of hydrogen-bond acceptors (Lipinski definition) is 3. The van der Waals surface area contributed by atoms with Gasteiger partial charge in [-0.1, -0.05) is 15.9 Å². The fourth-order valence-corrected chi connectivity index (χ4v) is 3.08. The molecule has 1 aromatic carbocycles. The highest BCUT2D eigenvalue weighted by Crippen LogP contribution is 2.28. The molecule has 2 amide bonds. The highest BCUT2D eigenvalue weighted by molar-refractivity contribution is 9.10. The standard InChI is InChI=1S/C14H15BrN2O2/c15-10-3-5-11(6-4-10)17-13(18)9-12(14(17)19)16-7-1-2-8-16/h3-6,12H,1-2,7-9H2/t12-/m1/s1. The first-order chi connectivity index (χ1) is 9.16. The molecule has 1 aromatic rings. The maximum absolute atomic E-state index is 12.4. The van der Waals surface area contributed by atoms with Gasteiger partial charge in [-0.25, -0.2) is 4.90 Å².